The molecule has 0 fully saturated rings. The Morgan fingerprint density at radius 2 is 2.18 bits per heavy atom. The number of ether oxygens (including phenoxy) is 2. The number of hydrogen-bond acceptors (Lipinski definition) is 6. The minimum atomic E-state index is -0.944. The van der Waals surface area contributed by atoms with Crippen molar-refractivity contribution in [2.45, 2.75) is 13.5 Å². The molecule has 22 heavy (non-hydrogen) atoms. The molecule has 1 aliphatic rings. The summed E-state index contributed by atoms with van der Waals surface area (Å²) in [6, 6.07) is 3.72. The van der Waals surface area contributed by atoms with Gasteiger partial charge in [-0.15, -0.1) is 11.3 Å². The standard InChI is InChI=1S/C14H11N3O4S/c1-7-13(14(18)19)22-12(16-7)4-17-5-15-8-2-10-11(3-9(8)17)21-6-20-10/h2-3,5H,4,6H2,1H3,(H,18,19). The van der Waals surface area contributed by atoms with Crippen molar-refractivity contribution in [2.24, 2.45) is 0 Å². The monoisotopic (exact) mass is 317 g/mol. The van der Waals surface area contributed by atoms with Crippen molar-refractivity contribution in [3.05, 3.63) is 34.0 Å². The van der Waals surface area contributed by atoms with Gasteiger partial charge in [0, 0.05) is 12.1 Å². The van der Waals surface area contributed by atoms with Crippen LogP contribution in [0.1, 0.15) is 20.4 Å². The molecule has 112 valence electrons. The normalized spacial score (nSPS) is 13.0. The molecule has 0 unspecified atom stereocenters. The van der Waals surface area contributed by atoms with Gasteiger partial charge in [-0.2, -0.15) is 0 Å². The van der Waals surface area contributed by atoms with Crippen molar-refractivity contribution in [1.82, 2.24) is 14.5 Å². The summed E-state index contributed by atoms with van der Waals surface area (Å²) in [4.78, 5) is 20.0. The fourth-order valence-electron chi connectivity index (χ4n) is 2.44. The lowest BCUT2D eigenvalue weighted by atomic mass is 10.2. The van der Waals surface area contributed by atoms with E-state index in [2.05, 4.69) is 9.97 Å². The molecule has 0 amide bonds. The molecule has 4 rings (SSSR count). The summed E-state index contributed by atoms with van der Waals surface area (Å²) in [5.41, 5.74) is 2.24. The fourth-order valence-corrected chi connectivity index (χ4v) is 3.34. The zero-order valence-corrected chi connectivity index (χ0v) is 12.4. The number of hydrogen-bond donors (Lipinski definition) is 1. The van der Waals surface area contributed by atoms with Crippen molar-refractivity contribution in [1.29, 1.82) is 0 Å². The Balaban J connectivity index is 1.72. The third-order valence-corrected chi connectivity index (χ3v) is 4.59. The summed E-state index contributed by atoms with van der Waals surface area (Å²) < 4.78 is 12.6. The second-order valence-corrected chi connectivity index (χ2v) is 5.98. The van der Waals surface area contributed by atoms with E-state index < -0.39 is 5.97 Å². The highest BCUT2D eigenvalue weighted by atomic mass is 32.1. The highest BCUT2D eigenvalue weighted by Crippen LogP contribution is 2.35. The second-order valence-electron chi connectivity index (χ2n) is 4.89. The fraction of sp³-hybridized carbons (Fsp3) is 0.214. The van der Waals surface area contributed by atoms with E-state index in [1.54, 1.807) is 13.3 Å². The molecule has 1 aliphatic heterocycles. The number of imidazole rings is 1. The van der Waals surface area contributed by atoms with E-state index in [1.165, 1.54) is 11.3 Å². The van der Waals surface area contributed by atoms with Gasteiger partial charge in [-0.05, 0) is 6.92 Å². The Kier molecular flexibility index (Phi) is 2.80. The largest absolute Gasteiger partial charge is 0.477 e. The van der Waals surface area contributed by atoms with Crippen LogP contribution in [0.2, 0.25) is 0 Å². The molecule has 0 saturated heterocycles. The zero-order valence-electron chi connectivity index (χ0n) is 11.6. The second kappa shape index (κ2) is 4.70. The molecule has 2 aromatic heterocycles. The molecule has 3 heterocycles. The molecule has 1 N–H and O–H groups in total. The van der Waals surface area contributed by atoms with E-state index in [1.807, 2.05) is 16.7 Å². The van der Waals surface area contributed by atoms with Crippen molar-refractivity contribution >= 4 is 28.3 Å². The summed E-state index contributed by atoms with van der Waals surface area (Å²) in [6.07, 6.45) is 1.71. The summed E-state index contributed by atoms with van der Waals surface area (Å²) in [5, 5.41) is 9.83. The van der Waals surface area contributed by atoms with Crippen LogP contribution in [0, 0.1) is 6.92 Å². The van der Waals surface area contributed by atoms with Gasteiger partial charge in [0.1, 0.15) is 9.88 Å². The van der Waals surface area contributed by atoms with Gasteiger partial charge >= 0.3 is 5.97 Å². The van der Waals surface area contributed by atoms with Crippen LogP contribution in [-0.2, 0) is 6.54 Å². The van der Waals surface area contributed by atoms with Crippen LogP contribution in [0.3, 0.4) is 0 Å². The molecule has 0 saturated carbocycles. The molecule has 1 aromatic carbocycles. The van der Waals surface area contributed by atoms with Crippen molar-refractivity contribution in [3.63, 3.8) is 0 Å². The molecule has 0 bridgehead atoms. The summed E-state index contributed by atoms with van der Waals surface area (Å²) in [5.74, 6) is 0.437. The lowest BCUT2D eigenvalue weighted by molar-refractivity contribution is 0.0701. The van der Waals surface area contributed by atoms with E-state index >= 15 is 0 Å². The Labute approximate surface area is 128 Å². The van der Waals surface area contributed by atoms with Crippen LogP contribution < -0.4 is 9.47 Å². The Bertz CT molecular complexity index is 899. The maximum Gasteiger partial charge on any atom is 0.347 e. The van der Waals surface area contributed by atoms with E-state index in [4.69, 9.17) is 14.6 Å². The predicted octanol–water partition coefficient (Wildman–Crippen LogP) is 2.28. The van der Waals surface area contributed by atoms with Crippen molar-refractivity contribution in [3.8, 4) is 11.5 Å². The molecule has 0 spiro atoms. The number of carbonyl (C=O) groups is 1. The van der Waals surface area contributed by atoms with Crippen molar-refractivity contribution in [2.75, 3.05) is 6.79 Å². The first-order valence-corrected chi connectivity index (χ1v) is 7.37. The Morgan fingerprint density at radius 3 is 2.91 bits per heavy atom. The first-order valence-electron chi connectivity index (χ1n) is 6.56. The van der Waals surface area contributed by atoms with Gasteiger partial charge in [0.05, 0.1) is 29.6 Å². The first kappa shape index (κ1) is 13.1. The van der Waals surface area contributed by atoms with Crippen LogP contribution in [-0.4, -0.2) is 32.4 Å². The van der Waals surface area contributed by atoms with Crippen LogP contribution in [0.5, 0.6) is 11.5 Å². The van der Waals surface area contributed by atoms with Gasteiger partial charge in [-0.3, -0.25) is 0 Å². The number of aromatic nitrogens is 3. The quantitative estimate of drug-likeness (QED) is 0.797. The van der Waals surface area contributed by atoms with E-state index in [0.717, 1.165) is 16.0 Å². The van der Waals surface area contributed by atoms with Crippen LogP contribution >= 0.6 is 11.3 Å². The third kappa shape index (κ3) is 2.00. The Morgan fingerprint density at radius 1 is 1.41 bits per heavy atom. The van der Waals surface area contributed by atoms with Crippen molar-refractivity contribution < 1.29 is 19.4 Å². The lowest BCUT2D eigenvalue weighted by Gasteiger charge is -2.02. The topological polar surface area (TPSA) is 86.5 Å². The highest BCUT2D eigenvalue weighted by molar-refractivity contribution is 7.13. The van der Waals surface area contributed by atoms with Gasteiger partial charge in [-0.1, -0.05) is 0 Å². The minimum Gasteiger partial charge on any atom is -0.477 e. The van der Waals surface area contributed by atoms with Gasteiger partial charge in [0.25, 0.3) is 0 Å². The van der Waals surface area contributed by atoms with Gasteiger partial charge in [0.2, 0.25) is 6.79 Å². The number of thiazole rings is 1. The summed E-state index contributed by atoms with van der Waals surface area (Å²) in [7, 11) is 0. The third-order valence-electron chi connectivity index (χ3n) is 3.46. The predicted molar refractivity (Wildman–Crippen MR) is 78.8 cm³/mol. The number of benzene rings is 1. The van der Waals surface area contributed by atoms with Gasteiger partial charge in [0.15, 0.2) is 11.5 Å². The first-order chi connectivity index (χ1) is 10.6. The molecule has 3 aromatic rings. The number of rotatable bonds is 3. The number of nitrogens with zero attached hydrogens (tertiary/aromatic N) is 3. The van der Waals surface area contributed by atoms with Gasteiger partial charge in [-0.25, -0.2) is 14.8 Å². The smallest absolute Gasteiger partial charge is 0.347 e. The Hall–Kier alpha value is -2.61. The van der Waals surface area contributed by atoms with E-state index in [9.17, 15) is 4.79 Å². The van der Waals surface area contributed by atoms with Gasteiger partial charge < -0.3 is 19.1 Å². The molecule has 8 heteroatoms. The molecule has 0 atom stereocenters. The average molecular weight is 317 g/mol. The molecule has 0 aliphatic carbocycles. The number of carboxylic acid groups (broad SMARTS) is 1. The van der Waals surface area contributed by atoms with Crippen LogP contribution in [0.25, 0.3) is 11.0 Å². The lowest BCUT2D eigenvalue weighted by Crippen LogP contribution is -1.97. The number of carboxylic acids is 1. The molecular weight excluding hydrogens is 306 g/mol. The maximum absolute atomic E-state index is 11.1. The SMILES string of the molecule is Cc1nc(Cn2cnc3cc4c(cc32)OCO4)sc1C(=O)O. The van der Waals surface area contributed by atoms with E-state index in [-0.39, 0.29) is 11.7 Å². The molecule has 7 nitrogen and oxygen atoms in total. The minimum absolute atomic E-state index is 0.218. The molecule has 0 radical (unpaired) electrons. The zero-order chi connectivity index (χ0) is 15.3. The molecular formula is C14H11N3O4S. The van der Waals surface area contributed by atoms with Crippen LogP contribution in [0.15, 0.2) is 18.5 Å². The summed E-state index contributed by atoms with van der Waals surface area (Å²) >= 11 is 1.18. The van der Waals surface area contributed by atoms with E-state index in [0.29, 0.717) is 23.7 Å². The number of fused-ring (bicyclic) bond motifs is 2. The highest BCUT2D eigenvalue weighted by Gasteiger charge is 2.18. The summed E-state index contributed by atoms with van der Waals surface area (Å²) in [6.45, 7) is 2.39. The van der Waals surface area contributed by atoms with Crippen LogP contribution in [0.4, 0.5) is 0 Å². The number of aryl methyl sites for hydroxylation is 1. The maximum atomic E-state index is 11.1. The average Bonchev–Trinajstić information content (AvgIpc) is 3.16. The number of aromatic carboxylic acids is 1.